The van der Waals surface area contributed by atoms with Crippen molar-refractivity contribution in [2.75, 3.05) is 0 Å². The lowest BCUT2D eigenvalue weighted by atomic mass is 10.1. The summed E-state index contributed by atoms with van der Waals surface area (Å²) in [6, 6.07) is 6.31. The molecule has 1 unspecified atom stereocenters. The Morgan fingerprint density at radius 3 is 2.47 bits per heavy atom. The van der Waals surface area contributed by atoms with Crippen LogP contribution in [0.1, 0.15) is 24.9 Å². The Balaban J connectivity index is 2.25. The summed E-state index contributed by atoms with van der Waals surface area (Å²) in [4.78, 5) is 14.7. The van der Waals surface area contributed by atoms with Crippen LogP contribution in [-0.4, -0.2) is 9.91 Å². The van der Waals surface area contributed by atoms with Crippen molar-refractivity contribution < 1.29 is 4.92 Å². The van der Waals surface area contributed by atoms with Crippen molar-refractivity contribution in [2.45, 2.75) is 19.9 Å². The van der Waals surface area contributed by atoms with E-state index in [0.717, 1.165) is 16.3 Å². The van der Waals surface area contributed by atoms with E-state index in [-0.39, 0.29) is 11.7 Å². The molecule has 0 saturated carbocycles. The van der Waals surface area contributed by atoms with E-state index >= 15 is 0 Å². The highest BCUT2D eigenvalue weighted by Gasteiger charge is 2.15. The number of rotatable bonds is 4. The molecule has 0 amide bonds. The van der Waals surface area contributed by atoms with Gasteiger partial charge in [-0.25, -0.2) is 4.98 Å². The van der Waals surface area contributed by atoms with Gasteiger partial charge in [-0.15, -0.1) is 11.3 Å². The van der Waals surface area contributed by atoms with Gasteiger partial charge in [0.25, 0.3) is 5.69 Å². The zero-order valence-corrected chi connectivity index (χ0v) is 11.6. The van der Waals surface area contributed by atoms with Crippen molar-refractivity contribution in [3.8, 4) is 11.3 Å². The van der Waals surface area contributed by atoms with E-state index in [4.69, 9.17) is 5.73 Å². The van der Waals surface area contributed by atoms with Gasteiger partial charge in [-0.05, 0) is 18.1 Å². The van der Waals surface area contributed by atoms with Crippen LogP contribution in [0.15, 0.2) is 29.6 Å². The van der Waals surface area contributed by atoms with E-state index in [0.29, 0.717) is 5.92 Å². The molecule has 2 aromatic rings. The average molecular weight is 277 g/mol. The van der Waals surface area contributed by atoms with Crippen LogP contribution in [-0.2, 0) is 0 Å². The third-order valence-electron chi connectivity index (χ3n) is 2.90. The summed E-state index contributed by atoms with van der Waals surface area (Å²) < 4.78 is 0. The second-order valence-corrected chi connectivity index (χ2v) is 5.53. The first-order valence-electron chi connectivity index (χ1n) is 5.95. The van der Waals surface area contributed by atoms with Crippen molar-refractivity contribution >= 4 is 17.0 Å². The Morgan fingerprint density at radius 1 is 1.32 bits per heavy atom. The zero-order valence-electron chi connectivity index (χ0n) is 10.7. The largest absolute Gasteiger partial charge is 0.322 e. The van der Waals surface area contributed by atoms with Crippen molar-refractivity contribution in [1.29, 1.82) is 0 Å². The Hall–Kier alpha value is -1.79. The molecule has 2 rings (SSSR count). The fraction of sp³-hybridized carbons (Fsp3) is 0.308. The van der Waals surface area contributed by atoms with Gasteiger partial charge in [0, 0.05) is 23.1 Å². The third-order valence-corrected chi connectivity index (χ3v) is 3.85. The number of non-ortho nitro benzene ring substituents is 1. The number of nitrogens with zero attached hydrogens (tertiary/aromatic N) is 2. The molecule has 1 atom stereocenters. The van der Waals surface area contributed by atoms with Crippen LogP contribution in [0.5, 0.6) is 0 Å². The maximum atomic E-state index is 10.6. The lowest BCUT2D eigenvalue weighted by Crippen LogP contribution is -2.16. The summed E-state index contributed by atoms with van der Waals surface area (Å²) in [5, 5.41) is 13.4. The van der Waals surface area contributed by atoms with Gasteiger partial charge in [0.2, 0.25) is 0 Å². The van der Waals surface area contributed by atoms with Gasteiger partial charge in [0.1, 0.15) is 5.01 Å². The van der Waals surface area contributed by atoms with Crippen molar-refractivity contribution in [2.24, 2.45) is 11.7 Å². The average Bonchev–Trinajstić information content (AvgIpc) is 2.87. The van der Waals surface area contributed by atoms with E-state index in [2.05, 4.69) is 18.8 Å². The maximum Gasteiger partial charge on any atom is 0.269 e. The molecule has 0 spiro atoms. The monoisotopic (exact) mass is 277 g/mol. The molecule has 1 heterocycles. The van der Waals surface area contributed by atoms with Crippen LogP contribution in [0.3, 0.4) is 0 Å². The topological polar surface area (TPSA) is 82.0 Å². The lowest BCUT2D eigenvalue weighted by molar-refractivity contribution is -0.384. The Morgan fingerprint density at radius 2 is 1.95 bits per heavy atom. The van der Waals surface area contributed by atoms with Gasteiger partial charge in [-0.2, -0.15) is 0 Å². The summed E-state index contributed by atoms with van der Waals surface area (Å²) in [6.45, 7) is 4.11. The van der Waals surface area contributed by atoms with Crippen LogP contribution in [0, 0.1) is 16.0 Å². The van der Waals surface area contributed by atoms with E-state index < -0.39 is 4.92 Å². The SMILES string of the molecule is CC(C)C(N)c1nc(-c2ccc([N+](=O)[O-])cc2)cs1. The maximum absolute atomic E-state index is 10.6. The van der Waals surface area contributed by atoms with E-state index in [1.54, 1.807) is 12.1 Å². The van der Waals surface area contributed by atoms with E-state index in [9.17, 15) is 10.1 Å². The summed E-state index contributed by atoms with van der Waals surface area (Å²) in [7, 11) is 0. The predicted molar refractivity (Wildman–Crippen MR) is 76.0 cm³/mol. The van der Waals surface area contributed by atoms with Crippen molar-refractivity contribution in [3.63, 3.8) is 0 Å². The molecule has 0 fully saturated rings. The minimum absolute atomic E-state index is 0.0724. The highest BCUT2D eigenvalue weighted by atomic mass is 32.1. The molecule has 0 aliphatic heterocycles. The molecule has 19 heavy (non-hydrogen) atoms. The predicted octanol–water partition coefficient (Wildman–Crippen LogP) is 3.37. The van der Waals surface area contributed by atoms with Crippen molar-refractivity contribution in [3.05, 3.63) is 44.8 Å². The van der Waals surface area contributed by atoms with Crippen molar-refractivity contribution in [1.82, 2.24) is 4.98 Å². The number of nitrogens with two attached hydrogens (primary N) is 1. The molecule has 6 heteroatoms. The summed E-state index contributed by atoms with van der Waals surface area (Å²) in [6.07, 6.45) is 0. The molecule has 1 aromatic heterocycles. The van der Waals surface area contributed by atoms with E-state index in [1.807, 2.05) is 5.38 Å². The fourth-order valence-corrected chi connectivity index (χ4v) is 2.61. The molecule has 2 N–H and O–H groups in total. The highest BCUT2D eigenvalue weighted by molar-refractivity contribution is 7.10. The van der Waals surface area contributed by atoms with Gasteiger partial charge in [0.15, 0.2) is 0 Å². The number of nitro benzene ring substituents is 1. The van der Waals surface area contributed by atoms with Gasteiger partial charge in [0.05, 0.1) is 16.7 Å². The normalized spacial score (nSPS) is 12.6. The van der Waals surface area contributed by atoms with Crippen LogP contribution >= 0.6 is 11.3 Å². The first-order chi connectivity index (χ1) is 8.99. The molecular formula is C13H15N3O2S. The minimum atomic E-state index is -0.412. The second-order valence-electron chi connectivity index (χ2n) is 4.64. The molecule has 0 saturated heterocycles. The minimum Gasteiger partial charge on any atom is -0.322 e. The number of benzene rings is 1. The number of hydrogen-bond acceptors (Lipinski definition) is 5. The summed E-state index contributed by atoms with van der Waals surface area (Å²) in [5.41, 5.74) is 7.81. The smallest absolute Gasteiger partial charge is 0.269 e. The Bertz CT molecular complexity index is 578. The molecular weight excluding hydrogens is 262 g/mol. The third kappa shape index (κ3) is 2.97. The number of thiazole rings is 1. The van der Waals surface area contributed by atoms with Gasteiger partial charge in [-0.1, -0.05) is 13.8 Å². The van der Waals surface area contributed by atoms with E-state index in [1.165, 1.54) is 23.5 Å². The summed E-state index contributed by atoms with van der Waals surface area (Å²) >= 11 is 1.52. The standard InChI is InChI=1S/C13H15N3O2S/c1-8(2)12(14)13-15-11(7-19-13)9-3-5-10(6-4-9)16(17)18/h3-8,12H,14H2,1-2H3. The summed E-state index contributed by atoms with van der Waals surface area (Å²) in [5.74, 6) is 0.330. The first kappa shape index (κ1) is 13.6. The molecule has 0 aliphatic carbocycles. The zero-order chi connectivity index (χ0) is 14.0. The fourth-order valence-electron chi connectivity index (χ4n) is 1.61. The first-order valence-corrected chi connectivity index (χ1v) is 6.83. The second kappa shape index (κ2) is 5.46. The number of nitro groups is 1. The number of hydrogen-bond donors (Lipinski definition) is 1. The van der Waals surface area contributed by atoms with Gasteiger partial charge >= 0.3 is 0 Å². The van der Waals surface area contributed by atoms with Crippen LogP contribution < -0.4 is 5.73 Å². The molecule has 0 radical (unpaired) electrons. The molecule has 5 nitrogen and oxygen atoms in total. The van der Waals surface area contributed by atoms with Crippen LogP contribution in [0.25, 0.3) is 11.3 Å². The molecule has 1 aromatic carbocycles. The quantitative estimate of drug-likeness (QED) is 0.686. The number of aromatic nitrogens is 1. The lowest BCUT2D eigenvalue weighted by Gasteiger charge is -2.11. The van der Waals surface area contributed by atoms with Gasteiger partial charge in [-0.3, -0.25) is 10.1 Å². The Labute approximate surface area is 115 Å². The Kier molecular flexibility index (Phi) is 3.92. The van der Waals surface area contributed by atoms with Gasteiger partial charge < -0.3 is 5.73 Å². The van der Waals surface area contributed by atoms with Crippen LogP contribution in [0.2, 0.25) is 0 Å². The van der Waals surface area contributed by atoms with Crippen LogP contribution in [0.4, 0.5) is 5.69 Å². The molecule has 100 valence electrons. The molecule has 0 bridgehead atoms. The highest BCUT2D eigenvalue weighted by Crippen LogP contribution is 2.28. The molecule has 0 aliphatic rings.